The number of benzene rings is 2. The molecule has 1 amide bonds. The molecule has 0 aliphatic carbocycles. The van der Waals surface area contributed by atoms with Gasteiger partial charge in [0.1, 0.15) is 18.5 Å². The van der Waals surface area contributed by atoms with E-state index in [1.807, 2.05) is 12.1 Å². The van der Waals surface area contributed by atoms with Crippen LogP contribution in [0.3, 0.4) is 0 Å². The summed E-state index contributed by atoms with van der Waals surface area (Å²) in [6.07, 6.45) is 4.67. The maximum absolute atomic E-state index is 13.1. The molecule has 1 aliphatic heterocycles. The summed E-state index contributed by atoms with van der Waals surface area (Å²) in [7, 11) is 1.57. The summed E-state index contributed by atoms with van der Waals surface area (Å²) < 4.78 is 29.8. The van der Waals surface area contributed by atoms with Gasteiger partial charge in [0, 0.05) is 12.6 Å². The first kappa shape index (κ1) is 20.6. The van der Waals surface area contributed by atoms with Gasteiger partial charge in [-0.25, -0.2) is 4.39 Å². The van der Waals surface area contributed by atoms with E-state index in [1.54, 1.807) is 42.4 Å². The Bertz CT molecular complexity index is 879. The molecule has 3 rings (SSSR count). The lowest BCUT2D eigenvalue weighted by atomic mass is 10.1. The highest BCUT2D eigenvalue weighted by Crippen LogP contribution is 2.29. The molecule has 0 aromatic heterocycles. The van der Waals surface area contributed by atoms with Crippen molar-refractivity contribution >= 4 is 12.0 Å². The van der Waals surface area contributed by atoms with E-state index in [2.05, 4.69) is 6.58 Å². The molecule has 1 saturated heterocycles. The molecule has 29 heavy (non-hydrogen) atoms. The monoisotopic (exact) mass is 397 g/mol. The number of hydrogen-bond donors (Lipinski definition) is 0. The fourth-order valence-electron chi connectivity index (χ4n) is 3.06. The van der Waals surface area contributed by atoms with E-state index >= 15 is 0 Å². The van der Waals surface area contributed by atoms with E-state index in [4.69, 9.17) is 14.2 Å². The van der Waals surface area contributed by atoms with Crippen molar-refractivity contribution in [1.82, 2.24) is 4.90 Å². The lowest BCUT2D eigenvalue weighted by molar-refractivity contribution is -0.133. The summed E-state index contributed by atoms with van der Waals surface area (Å²) in [6, 6.07) is 11.6. The summed E-state index contributed by atoms with van der Waals surface area (Å²) in [4.78, 5) is 14.4. The van der Waals surface area contributed by atoms with Crippen molar-refractivity contribution in [2.45, 2.75) is 6.10 Å². The highest BCUT2D eigenvalue weighted by Gasteiger charge is 2.24. The van der Waals surface area contributed by atoms with Crippen molar-refractivity contribution in [2.75, 3.05) is 33.4 Å². The van der Waals surface area contributed by atoms with Crippen LogP contribution >= 0.6 is 0 Å². The second kappa shape index (κ2) is 9.89. The van der Waals surface area contributed by atoms with E-state index in [9.17, 15) is 9.18 Å². The van der Waals surface area contributed by atoms with Gasteiger partial charge in [-0.3, -0.25) is 4.79 Å². The molecule has 1 atom stereocenters. The van der Waals surface area contributed by atoms with Crippen LogP contribution in [-0.4, -0.2) is 44.2 Å². The number of morpholine rings is 1. The zero-order chi connectivity index (χ0) is 20.6. The zero-order valence-corrected chi connectivity index (χ0v) is 16.3. The SMILES string of the molecule is C=CCOc1ccc(/C=C/C(=O)N2CCOC(c3ccc(F)cc3)C2)cc1OC. The van der Waals surface area contributed by atoms with Gasteiger partial charge in [0.15, 0.2) is 11.5 Å². The Labute approximate surface area is 170 Å². The number of carbonyl (C=O) groups is 1. The average Bonchev–Trinajstić information content (AvgIpc) is 2.76. The molecular formula is C23H24FNO4. The largest absolute Gasteiger partial charge is 0.493 e. The Morgan fingerprint density at radius 3 is 2.79 bits per heavy atom. The fourth-order valence-corrected chi connectivity index (χ4v) is 3.06. The first-order chi connectivity index (χ1) is 14.1. The zero-order valence-electron chi connectivity index (χ0n) is 16.3. The third-order valence-corrected chi connectivity index (χ3v) is 4.58. The van der Waals surface area contributed by atoms with Crippen molar-refractivity contribution in [3.8, 4) is 11.5 Å². The van der Waals surface area contributed by atoms with Crippen LogP contribution < -0.4 is 9.47 Å². The summed E-state index contributed by atoms with van der Waals surface area (Å²) >= 11 is 0. The highest BCUT2D eigenvalue weighted by atomic mass is 19.1. The predicted molar refractivity (Wildman–Crippen MR) is 109 cm³/mol. The van der Waals surface area contributed by atoms with E-state index in [0.29, 0.717) is 37.8 Å². The molecular weight excluding hydrogens is 373 g/mol. The second-order valence-electron chi connectivity index (χ2n) is 6.54. The molecule has 2 aromatic carbocycles. The van der Waals surface area contributed by atoms with Crippen LogP contribution in [-0.2, 0) is 9.53 Å². The van der Waals surface area contributed by atoms with Crippen molar-refractivity contribution in [3.63, 3.8) is 0 Å². The molecule has 1 aliphatic rings. The molecule has 0 saturated carbocycles. The van der Waals surface area contributed by atoms with E-state index in [1.165, 1.54) is 18.2 Å². The van der Waals surface area contributed by atoms with Gasteiger partial charge in [-0.2, -0.15) is 0 Å². The standard InChI is InChI=1S/C23H24FNO4/c1-3-13-28-20-10-4-17(15-21(20)27-2)5-11-23(26)25-12-14-29-22(16-25)18-6-8-19(24)9-7-18/h3-11,15,22H,1,12-14,16H2,2H3/b11-5+. The molecule has 2 aromatic rings. The maximum Gasteiger partial charge on any atom is 0.246 e. The normalized spacial score (nSPS) is 16.6. The van der Waals surface area contributed by atoms with Crippen LogP contribution in [0.25, 0.3) is 6.08 Å². The average molecular weight is 397 g/mol. The number of hydrogen-bond acceptors (Lipinski definition) is 4. The van der Waals surface area contributed by atoms with Crippen molar-refractivity contribution < 1.29 is 23.4 Å². The first-order valence-corrected chi connectivity index (χ1v) is 9.36. The van der Waals surface area contributed by atoms with Crippen LogP contribution in [0, 0.1) is 5.82 Å². The summed E-state index contributed by atoms with van der Waals surface area (Å²) in [5, 5.41) is 0. The van der Waals surface area contributed by atoms with Crippen LogP contribution in [0.4, 0.5) is 4.39 Å². The van der Waals surface area contributed by atoms with Crippen molar-refractivity contribution in [2.24, 2.45) is 0 Å². The Balaban J connectivity index is 1.65. The van der Waals surface area contributed by atoms with Gasteiger partial charge < -0.3 is 19.1 Å². The molecule has 0 bridgehead atoms. The highest BCUT2D eigenvalue weighted by molar-refractivity contribution is 5.92. The molecule has 0 radical (unpaired) electrons. The fraction of sp³-hybridized carbons (Fsp3) is 0.261. The van der Waals surface area contributed by atoms with Gasteiger partial charge in [-0.15, -0.1) is 0 Å². The van der Waals surface area contributed by atoms with Gasteiger partial charge >= 0.3 is 0 Å². The lowest BCUT2D eigenvalue weighted by Crippen LogP contribution is -2.41. The number of ether oxygens (including phenoxy) is 3. The van der Waals surface area contributed by atoms with Gasteiger partial charge in [0.25, 0.3) is 0 Å². The van der Waals surface area contributed by atoms with Crippen molar-refractivity contribution in [1.29, 1.82) is 0 Å². The van der Waals surface area contributed by atoms with Gasteiger partial charge in [0.05, 0.1) is 20.3 Å². The van der Waals surface area contributed by atoms with Crippen molar-refractivity contribution in [3.05, 3.63) is 78.1 Å². The smallest absolute Gasteiger partial charge is 0.246 e. The Hall–Kier alpha value is -3.12. The first-order valence-electron chi connectivity index (χ1n) is 9.36. The van der Waals surface area contributed by atoms with Gasteiger partial charge in [0.2, 0.25) is 5.91 Å². The summed E-state index contributed by atoms with van der Waals surface area (Å²) in [6.45, 7) is 5.38. The maximum atomic E-state index is 13.1. The van der Waals surface area contributed by atoms with Crippen LogP contribution in [0.1, 0.15) is 17.2 Å². The molecule has 1 fully saturated rings. The summed E-state index contributed by atoms with van der Waals surface area (Å²) in [5.41, 5.74) is 1.68. The Kier molecular flexibility index (Phi) is 7.03. The molecule has 1 unspecified atom stereocenters. The minimum Gasteiger partial charge on any atom is -0.493 e. The predicted octanol–water partition coefficient (Wildman–Crippen LogP) is 4.01. The second-order valence-corrected chi connectivity index (χ2v) is 6.54. The number of rotatable bonds is 7. The number of methoxy groups -OCH3 is 1. The lowest BCUT2D eigenvalue weighted by Gasteiger charge is -2.32. The molecule has 5 nitrogen and oxygen atoms in total. The number of carbonyl (C=O) groups excluding carboxylic acids is 1. The molecule has 1 heterocycles. The Morgan fingerprint density at radius 1 is 1.28 bits per heavy atom. The van der Waals surface area contributed by atoms with E-state index in [0.717, 1.165) is 11.1 Å². The number of amides is 1. The minimum atomic E-state index is -0.295. The van der Waals surface area contributed by atoms with Gasteiger partial charge in [-0.05, 0) is 41.5 Å². The van der Waals surface area contributed by atoms with Crippen LogP contribution in [0.5, 0.6) is 11.5 Å². The molecule has 152 valence electrons. The molecule has 6 heteroatoms. The quantitative estimate of drug-likeness (QED) is 0.523. The third-order valence-electron chi connectivity index (χ3n) is 4.58. The molecule has 0 N–H and O–H groups in total. The Morgan fingerprint density at radius 2 is 2.07 bits per heavy atom. The van der Waals surface area contributed by atoms with E-state index in [-0.39, 0.29) is 17.8 Å². The van der Waals surface area contributed by atoms with E-state index < -0.39 is 0 Å². The topological polar surface area (TPSA) is 48.0 Å². The molecule has 0 spiro atoms. The van der Waals surface area contributed by atoms with Gasteiger partial charge in [-0.1, -0.05) is 30.9 Å². The van der Waals surface area contributed by atoms with Crippen LogP contribution in [0.2, 0.25) is 0 Å². The minimum absolute atomic E-state index is 0.105. The summed E-state index contributed by atoms with van der Waals surface area (Å²) in [5.74, 6) is 0.804. The number of halogens is 1. The third kappa shape index (κ3) is 5.45. The number of nitrogens with zero attached hydrogens (tertiary/aromatic N) is 1. The van der Waals surface area contributed by atoms with Crippen LogP contribution in [0.15, 0.2) is 61.2 Å².